The lowest BCUT2D eigenvalue weighted by atomic mass is 10.0. The predicted octanol–water partition coefficient (Wildman–Crippen LogP) is 5.66. The molecule has 1 heterocycles. The Bertz CT molecular complexity index is 1530. The molecular weight excluding hydrogens is 454 g/mol. The molecule has 1 aromatic heterocycles. The highest BCUT2D eigenvalue weighted by Gasteiger charge is 2.14. The molecule has 0 aliphatic heterocycles. The van der Waals surface area contributed by atoms with Crippen LogP contribution in [0.25, 0.3) is 27.5 Å². The third-order valence-corrected chi connectivity index (χ3v) is 5.84. The van der Waals surface area contributed by atoms with Crippen molar-refractivity contribution in [2.75, 3.05) is 5.32 Å². The van der Waals surface area contributed by atoms with E-state index in [0.29, 0.717) is 16.1 Å². The van der Waals surface area contributed by atoms with E-state index in [4.69, 9.17) is 23.8 Å². The predicted molar refractivity (Wildman–Crippen MR) is 136 cm³/mol. The third-order valence-electron chi connectivity index (χ3n) is 5.30. The van der Waals surface area contributed by atoms with Crippen LogP contribution in [0.3, 0.4) is 0 Å². The number of rotatable bonds is 3. The van der Waals surface area contributed by atoms with Gasteiger partial charge in [0.1, 0.15) is 11.0 Å². The molecule has 4 aromatic carbocycles. The highest BCUT2D eigenvalue weighted by Crippen LogP contribution is 2.26. The van der Waals surface area contributed by atoms with E-state index in [1.54, 1.807) is 23.0 Å². The first-order chi connectivity index (χ1) is 16.0. The zero-order valence-corrected chi connectivity index (χ0v) is 19.1. The number of hydrogen-bond acceptors (Lipinski definition) is 4. The lowest BCUT2D eigenvalue weighted by molar-refractivity contribution is 0.0979. The molecule has 0 unspecified atom stereocenters. The van der Waals surface area contributed by atoms with Crippen molar-refractivity contribution in [3.05, 3.63) is 95.0 Å². The van der Waals surface area contributed by atoms with Gasteiger partial charge in [0.25, 0.3) is 5.91 Å². The van der Waals surface area contributed by atoms with Crippen molar-refractivity contribution < 1.29 is 4.79 Å². The van der Waals surface area contributed by atoms with Crippen molar-refractivity contribution in [1.82, 2.24) is 20.3 Å². The van der Waals surface area contributed by atoms with Gasteiger partial charge in [-0.15, -0.1) is 10.2 Å². The second-order valence-corrected chi connectivity index (χ2v) is 8.35. The summed E-state index contributed by atoms with van der Waals surface area (Å²) in [4.78, 5) is 14.5. The van der Waals surface area contributed by atoms with E-state index in [9.17, 15) is 4.79 Å². The van der Waals surface area contributed by atoms with Crippen LogP contribution in [0.5, 0.6) is 0 Å². The zero-order valence-electron chi connectivity index (χ0n) is 17.5. The molecule has 0 saturated heterocycles. The SMILES string of the molecule is Cc1cc2nn(-c3ccccc3)nc2cc1NC(=S)NC(=O)c1cccc2c(Cl)cccc12. The number of aromatic nitrogens is 3. The summed E-state index contributed by atoms with van der Waals surface area (Å²) in [5.41, 5.74) is 4.52. The minimum Gasteiger partial charge on any atom is -0.332 e. The van der Waals surface area contributed by atoms with Gasteiger partial charge in [0.05, 0.1) is 5.69 Å². The van der Waals surface area contributed by atoms with E-state index in [0.717, 1.165) is 33.2 Å². The minimum atomic E-state index is -0.311. The smallest absolute Gasteiger partial charge is 0.258 e. The molecule has 2 N–H and O–H groups in total. The summed E-state index contributed by atoms with van der Waals surface area (Å²) >= 11 is 11.7. The molecule has 162 valence electrons. The second-order valence-electron chi connectivity index (χ2n) is 7.53. The molecule has 8 heteroatoms. The molecule has 1 amide bonds. The van der Waals surface area contributed by atoms with E-state index in [2.05, 4.69) is 20.8 Å². The minimum absolute atomic E-state index is 0.192. The summed E-state index contributed by atoms with van der Waals surface area (Å²) in [6.07, 6.45) is 0. The maximum Gasteiger partial charge on any atom is 0.258 e. The van der Waals surface area contributed by atoms with Gasteiger partial charge in [-0.3, -0.25) is 10.1 Å². The molecular formula is C25H18ClN5OS. The molecule has 0 spiro atoms. The molecule has 0 saturated carbocycles. The summed E-state index contributed by atoms with van der Waals surface area (Å²) in [5, 5.41) is 17.3. The van der Waals surface area contributed by atoms with Gasteiger partial charge in [0.2, 0.25) is 0 Å². The Balaban J connectivity index is 1.37. The van der Waals surface area contributed by atoms with Crippen molar-refractivity contribution in [1.29, 1.82) is 0 Å². The molecule has 33 heavy (non-hydrogen) atoms. The Kier molecular flexibility index (Phi) is 5.50. The Morgan fingerprint density at radius 3 is 2.39 bits per heavy atom. The van der Waals surface area contributed by atoms with Gasteiger partial charge in [0, 0.05) is 21.7 Å². The number of nitrogens with one attached hydrogen (secondary N) is 2. The molecule has 5 rings (SSSR count). The van der Waals surface area contributed by atoms with Crippen molar-refractivity contribution in [3.8, 4) is 5.69 Å². The fraction of sp³-hybridized carbons (Fsp3) is 0.0400. The van der Waals surface area contributed by atoms with Crippen LogP contribution in [0.4, 0.5) is 5.69 Å². The van der Waals surface area contributed by atoms with E-state index < -0.39 is 0 Å². The first-order valence-electron chi connectivity index (χ1n) is 10.2. The third kappa shape index (κ3) is 4.16. The van der Waals surface area contributed by atoms with Gasteiger partial charge in [0.15, 0.2) is 5.11 Å². The molecule has 0 atom stereocenters. The normalized spacial score (nSPS) is 11.0. The van der Waals surface area contributed by atoms with Crippen molar-refractivity contribution in [2.45, 2.75) is 6.92 Å². The van der Waals surface area contributed by atoms with Crippen LogP contribution in [-0.4, -0.2) is 26.0 Å². The number of para-hydroxylation sites is 1. The largest absolute Gasteiger partial charge is 0.332 e. The van der Waals surface area contributed by atoms with Crippen molar-refractivity contribution in [3.63, 3.8) is 0 Å². The van der Waals surface area contributed by atoms with Crippen LogP contribution in [0.15, 0.2) is 78.9 Å². The number of benzene rings is 4. The Morgan fingerprint density at radius 2 is 1.61 bits per heavy atom. The maximum absolute atomic E-state index is 12.9. The van der Waals surface area contributed by atoms with E-state index in [1.807, 2.05) is 67.6 Å². The van der Waals surface area contributed by atoms with Crippen LogP contribution >= 0.6 is 23.8 Å². The first kappa shape index (κ1) is 21.1. The molecule has 0 aliphatic rings. The Labute approximate surface area is 200 Å². The zero-order chi connectivity index (χ0) is 22.9. The summed E-state index contributed by atoms with van der Waals surface area (Å²) in [6, 6.07) is 24.4. The first-order valence-corrected chi connectivity index (χ1v) is 11.0. The van der Waals surface area contributed by atoms with E-state index in [-0.39, 0.29) is 11.0 Å². The molecule has 6 nitrogen and oxygen atoms in total. The monoisotopic (exact) mass is 471 g/mol. The number of nitrogens with zero attached hydrogens (tertiary/aromatic N) is 3. The van der Waals surface area contributed by atoms with Gasteiger partial charge >= 0.3 is 0 Å². The number of thiocarbonyl (C=S) groups is 1. The number of carbonyl (C=O) groups is 1. The topological polar surface area (TPSA) is 71.8 Å². The summed E-state index contributed by atoms with van der Waals surface area (Å²) in [5.74, 6) is -0.311. The molecule has 0 radical (unpaired) electrons. The highest BCUT2D eigenvalue weighted by molar-refractivity contribution is 7.80. The van der Waals surface area contributed by atoms with E-state index in [1.165, 1.54) is 0 Å². The number of hydrogen-bond donors (Lipinski definition) is 2. The van der Waals surface area contributed by atoms with Crippen LogP contribution in [-0.2, 0) is 0 Å². The van der Waals surface area contributed by atoms with Gasteiger partial charge in [-0.1, -0.05) is 54.1 Å². The number of amides is 1. The lowest BCUT2D eigenvalue weighted by Gasteiger charge is -2.13. The second kappa shape index (κ2) is 8.61. The standard InChI is InChI=1S/C25H18ClN5OS/c1-15-13-22-23(30-31(29-22)16-7-3-2-4-8-16)14-21(15)27-25(33)28-24(32)19-11-5-10-18-17(19)9-6-12-20(18)26/h2-14H,1H3,(H2,27,28,32,33). The highest BCUT2D eigenvalue weighted by atomic mass is 35.5. The maximum atomic E-state index is 12.9. The number of fused-ring (bicyclic) bond motifs is 2. The number of anilines is 1. The quantitative estimate of drug-likeness (QED) is 0.332. The molecule has 0 fully saturated rings. The van der Waals surface area contributed by atoms with Gasteiger partial charge < -0.3 is 5.32 Å². The Morgan fingerprint density at radius 1 is 0.909 bits per heavy atom. The summed E-state index contributed by atoms with van der Waals surface area (Å²) in [6.45, 7) is 1.94. The van der Waals surface area contributed by atoms with E-state index >= 15 is 0 Å². The molecule has 0 bridgehead atoms. The number of halogens is 1. The summed E-state index contributed by atoms with van der Waals surface area (Å²) in [7, 11) is 0. The number of carbonyl (C=O) groups excluding carboxylic acids is 1. The average molecular weight is 472 g/mol. The van der Waals surface area contributed by atoms with Crippen LogP contribution < -0.4 is 10.6 Å². The lowest BCUT2D eigenvalue weighted by Crippen LogP contribution is -2.34. The van der Waals surface area contributed by atoms with Crippen molar-refractivity contribution >= 4 is 62.3 Å². The Hall–Kier alpha value is -3.81. The molecule has 5 aromatic rings. The average Bonchev–Trinajstić information content (AvgIpc) is 3.22. The molecule has 0 aliphatic carbocycles. The summed E-state index contributed by atoms with van der Waals surface area (Å²) < 4.78 is 0. The van der Waals surface area contributed by atoms with Gasteiger partial charge in [-0.2, -0.15) is 4.80 Å². The van der Waals surface area contributed by atoms with Crippen molar-refractivity contribution in [2.24, 2.45) is 0 Å². The van der Waals surface area contributed by atoms with Crippen LogP contribution in [0, 0.1) is 6.92 Å². The van der Waals surface area contributed by atoms with Crippen LogP contribution in [0.1, 0.15) is 15.9 Å². The number of aryl methyl sites for hydroxylation is 1. The van der Waals surface area contributed by atoms with Gasteiger partial charge in [-0.25, -0.2) is 0 Å². The van der Waals surface area contributed by atoms with Gasteiger partial charge in [-0.05, 0) is 66.5 Å². The fourth-order valence-corrected chi connectivity index (χ4v) is 4.11. The van der Waals surface area contributed by atoms with Crippen LogP contribution in [0.2, 0.25) is 5.02 Å². The fourth-order valence-electron chi connectivity index (χ4n) is 3.67.